The zero-order valence-corrected chi connectivity index (χ0v) is 16.3. The molecule has 1 aliphatic rings. The van der Waals surface area contributed by atoms with Crippen LogP contribution in [0.3, 0.4) is 0 Å². The molecule has 3 heteroatoms. The Balaban J connectivity index is 1.40. The number of aromatic nitrogens is 1. The van der Waals surface area contributed by atoms with Crippen LogP contribution in [0, 0.1) is 12.8 Å². The standard InChI is InChI=1S/C24H28N2O/c1-18-24(21-10-6-7-11-22(21)25(18)2)23(27)17-26-14-12-20(13-15-26)16-19-8-4-3-5-9-19/h3-11,20H,12-17H2,1-2H3. The molecule has 140 valence electrons. The number of hydrogen-bond acceptors (Lipinski definition) is 2. The first kappa shape index (κ1) is 18.0. The Morgan fingerprint density at radius 2 is 1.67 bits per heavy atom. The molecule has 0 amide bonds. The molecule has 2 aromatic carbocycles. The van der Waals surface area contributed by atoms with Gasteiger partial charge in [-0.15, -0.1) is 0 Å². The molecular formula is C24H28N2O. The normalized spacial score (nSPS) is 16.1. The zero-order chi connectivity index (χ0) is 18.8. The van der Waals surface area contributed by atoms with Crippen LogP contribution in [0.4, 0.5) is 0 Å². The highest BCUT2D eigenvalue weighted by molar-refractivity contribution is 6.10. The number of para-hydroxylation sites is 1. The minimum atomic E-state index is 0.255. The Kier molecular flexibility index (Phi) is 5.13. The van der Waals surface area contributed by atoms with E-state index in [1.807, 2.05) is 19.2 Å². The molecule has 0 N–H and O–H groups in total. The number of likely N-dealkylation sites (tertiary alicyclic amines) is 1. The third-order valence-electron chi connectivity index (χ3n) is 6.12. The molecule has 1 saturated heterocycles. The van der Waals surface area contributed by atoms with Crippen LogP contribution in [-0.4, -0.2) is 34.9 Å². The summed E-state index contributed by atoms with van der Waals surface area (Å²) < 4.78 is 2.13. The molecule has 4 rings (SSSR count). The summed E-state index contributed by atoms with van der Waals surface area (Å²) in [5.41, 5.74) is 4.54. The summed E-state index contributed by atoms with van der Waals surface area (Å²) in [6, 6.07) is 19.0. The number of aryl methyl sites for hydroxylation is 1. The minimum absolute atomic E-state index is 0.255. The lowest BCUT2D eigenvalue weighted by molar-refractivity contribution is 0.0896. The lowest BCUT2D eigenvalue weighted by Crippen LogP contribution is -2.38. The van der Waals surface area contributed by atoms with E-state index in [0.717, 1.165) is 47.6 Å². The summed E-state index contributed by atoms with van der Waals surface area (Å²) in [6.07, 6.45) is 3.51. The molecule has 3 aromatic rings. The molecule has 1 fully saturated rings. The van der Waals surface area contributed by atoms with Crippen LogP contribution < -0.4 is 0 Å². The number of nitrogens with zero attached hydrogens (tertiary/aromatic N) is 2. The third-order valence-corrected chi connectivity index (χ3v) is 6.12. The monoisotopic (exact) mass is 360 g/mol. The van der Waals surface area contributed by atoms with E-state index in [-0.39, 0.29) is 5.78 Å². The summed E-state index contributed by atoms with van der Waals surface area (Å²) in [5.74, 6) is 0.990. The number of Topliss-reactive ketones (excluding diaryl/α,β-unsaturated/α-hetero) is 1. The Morgan fingerprint density at radius 1 is 1.00 bits per heavy atom. The number of fused-ring (bicyclic) bond motifs is 1. The van der Waals surface area contributed by atoms with Crippen LogP contribution >= 0.6 is 0 Å². The van der Waals surface area contributed by atoms with Crippen molar-refractivity contribution in [2.24, 2.45) is 13.0 Å². The van der Waals surface area contributed by atoms with Crippen molar-refractivity contribution in [2.45, 2.75) is 26.2 Å². The molecule has 0 saturated carbocycles. The number of piperidine rings is 1. The number of carbonyl (C=O) groups excluding carboxylic acids is 1. The molecule has 1 aromatic heterocycles. The van der Waals surface area contributed by atoms with Crippen LogP contribution in [0.25, 0.3) is 10.9 Å². The molecule has 0 bridgehead atoms. The van der Waals surface area contributed by atoms with Gasteiger partial charge < -0.3 is 4.57 Å². The largest absolute Gasteiger partial charge is 0.347 e. The number of benzene rings is 2. The van der Waals surface area contributed by atoms with E-state index >= 15 is 0 Å². The van der Waals surface area contributed by atoms with Gasteiger partial charge in [0.15, 0.2) is 5.78 Å². The third kappa shape index (κ3) is 3.70. The highest BCUT2D eigenvalue weighted by Crippen LogP contribution is 2.26. The molecule has 0 atom stereocenters. The molecule has 0 spiro atoms. The average molecular weight is 361 g/mol. The van der Waals surface area contributed by atoms with E-state index in [1.165, 1.54) is 18.4 Å². The zero-order valence-electron chi connectivity index (χ0n) is 16.3. The number of hydrogen-bond donors (Lipinski definition) is 0. The van der Waals surface area contributed by atoms with Crippen LogP contribution in [0.5, 0.6) is 0 Å². The molecular weight excluding hydrogens is 332 g/mol. The van der Waals surface area contributed by atoms with Crippen molar-refractivity contribution in [3.05, 3.63) is 71.4 Å². The van der Waals surface area contributed by atoms with Crippen molar-refractivity contribution in [3.8, 4) is 0 Å². The Bertz CT molecular complexity index is 934. The van der Waals surface area contributed by atoms with E-state index in [0.29, 0.717) is 6.54 Å². The fraction of sp³-hybridized carbons (Fsp3) is 0.375. The summed E-state index contributed by atoms with van der Waals surface area (Å²) in [5, 5.41) is 1.08. The van der Waals surface area contributed by atoms with Gasteiger partial charge in [0.2, 0.25) is 0 Å². The van der Waals surface area contributed by atoms with Crippen molar-refractivity contribution in [2.75, 3.05) is 19.6 Å². The lowest BCUT2D eigenvalue weighted by atomic mass is 9.90. The average Bonchev–Trinajstić information content (AvgIpc) is 2.95. The second kappa shape index (κ2) is 7.69. The highest BCUT2D eigenvalue weighted by atomic mass is 16.1. The number of carbonyl (C=O) groups is 1. The summed E-state index contributed by atoms with van der Waals surface area (Å²) in [6.45, 7) is 4.63. The molecule has 27 heavy (non-hydrogen) atoms. The maximum atomic E-state index is 13.1. The maximum absolute atomic E-state index is 13.1. The van der Waals surface area contributed by atoms with Crippen LogP contribution in [0.2, 0.25) is 0 Å². The number of ketones is 1. The fourth-order valence-corrected chi connectivity index (χ4v) is 4.45. The Morgan fingerprint density at radius 3 is 2.41 bits per heavy atom. The van der Waals surface area contributed by atoms with Crippen LogP contribution in [0.15, 0.2) is 54.6 Å². The number of rotatable bonds is 5. The van der Waals surface area contributed by atoms with Crippen molar-refractivity contribution >= 4 is 16.7 Å². The smallest absolute Gasteiger partial charge is 0.179 e. The molecule has 0 radical (unpaired) electrons. The SMILES string of the molecule is Cc1c(C(=O)CN2CCC(Cc3ccccc3)CC2)c2ccccc2n1C. The molecule has 0 aliphatic carbocycles. The van der Waals surface area contributed by atoms with Crippen molar-refractivity contribution in [1.29, 1.82) is 0 Å². The van der Waals surface area contributed by atoms with Crippen LogP contribution in [0.1, 0.15) is 34.5 Å². The summed E-state index contributed by atoms with van der Waals surface area (Å²) >= 11 is 0. The Labute approximate surface area is 161 Å². The second-order valence-corrected chi connectivity index (χ2v) is 7.87. The van der Waals surface area contributed by atoms with Crippen LogP contribution in [-0.2, 0) is 13.5 Å². The summed E-state index contributed by atoms with van der Waals surface area (Å²) in [7, 11) is 2.05. The van der Waals surface area contributed by atoms with E-state index in [2.05, 4.69) is 58.9 Å². The first-order valence-corrected chi connectivity index (χ1v) is 9.97. The van der Waals surface area contributed by atoms with Gasteiger partial charge in [-0.25, -0.2) is 0 Å². The van der Waals surface area contributed by atoms with Gasteiger partial charge in [-0.2, -0.15) is 0 Å². The van der Waals surface area contributed by atoms with Gasteiger partial charge >= 0.3 is 0 Å². The highest BCUT2D eigenvalue weighted by Gasteiger charge is 2.24. The topological polar surface area (TPSA) is 25.2 Å². The van der Waals surface area contributed by atoms with Crippen molar-refractivity contribution in [1.82, 2.24) is 9.47 Å². The van der Waals surface area contributed by atoms with Gasteiger partial charge in [0, 0.05) is 29.2 Å². The van der Waals surface area contributed by atoms with E-state index in [4.69, 9.17) is 0 Å². The predicted octanol–water partition coefficient (Wildman–Crippen LogP) is 4.62. The quantitative estimate of drug-likeness (QED) is 0.620. The Hall–Kier alpha value is -2.39. The van der Waals surface area contributed by atoms with Crippen molar-refractivity contribution in [3.63, 3.8) is 0 Å². The predicted molar refractivity (Wildman–Crippen MR) is 111 cm³/mol. The van der Waals surface area contributed by atoms with Gasteiger partial charge in [-0.1, -0.05) is 48.5 Å². The second-order valence-electron chi connectivity index (χ2n) is 7.87. The molecule has 0 unspecified atom stereocenters. The minimum Gasteiger partial charge on any atom is -0.347 e. The molecule has 1 aliphatic heterocycles. The van der Waals surface area contributed by atoms with Gasteiger partial charge in [0.25, 0.3) is 0 Å². The van der Waals surface area contributed by atoms with Gasteiger partial charge in [-0.3, -0.25) is 9.69 Å². The molecule has 2 heterocycles. The lowest BCUT2D eigenvalue weighted by Gasteiger charge is -2.31. The summed E-state index contributed by atoms with van der Waals surface area (Å²) in [4.78, 5) is 15.4. The first-order valence-electron chi connectivity index (χ1n) is 9.97. The van der Waals surface area contributed by atoms with E-state index < -0.39 is 0 Å². The first-order chi connectivity index (χ1) is 13.1. The maximum Gasteiger partial charge on any atom is 0.179 e. The van der Waals surface area contributed by atoms with E-state index in [1.54, 1.807) is 0 Å². The van der Waals surface area contributed by atoms with Crippen molar-refractivity contribution < 1.29 is 4.79 Å². The fourth-order valence-electron chi connectivity index (χ4n) is 4.45. The van der Waals surface area contributed by atoms with Gasteiger partial charge in [-0.05, 0) is 56.8 Å². The van der Waals surface area contributed by atoms with Gasteiger partial charge in [0.1, 0.15) is 0 Å². The van der Waals surface area contributed by atoms with E-state index in [9.17, 15) is 4.79 Å². The van der Waals surface area contributed by atoms with Gasteiger partial charge in [0.05, 0.1) is 6.54 Å². The molecule has 3 nitrogen and oxygen atoms in total.